The van der Waals surface area contributed by atoms with Crippen LogP contribution in [-0.2, 0) is 15.7 Å². The van der Waals surface area contributed by atoms with Gasteiger partial charge in [0.15, 0.2) is 5.69 Å². The molecule has 0 aliphatic rings. The zero-order valence-corrected chi connectivity index (χ0v) is 16.7. The molecule has 0 aromatic carbocycles. The Bertz CT molecular complexity index is 618. The fraction of sp³-hybridized carbons (Fsp3) is 0.688. The Kier molecular flexibility index (Phi) is 7.69. The number of esters is 1. The topological polar surface area (TPSA) is 88.9 Å². The number of rotatable bonds is 7. The van der Waals surface area contributed by atoms with E-state index < -0.39 is 27.8 Å². The van der Waals surface area contributed by atoms with Crippen LogP contribution < -0.4 is 0 Å². The smallest absolute Gasteiger partial charge is 0.357 e. The summed E-state index contributed by atoms with van der Waals surface area (Å²) in [5, 5.41) is 12.4. The summed E-state index contributed by atoms with van der Waals surface area (Å²) in [5.41, 5.74) is 0.862. The Morgan fingerprint density at radius 3 is 2.58 bits per heavy atom. The molecule has 2 unspecified atom stereocenters. The second-order valence-electron chi connectivity index (χ2n) is 6.61. The lowest BCUT2D eigenvalue weighted by Crippen LogP contribution is -2.23. The molecule has 0 radical (unpaired) electrons. The van der Waals surface area contributed by atoms with Crippen molar-refractivity contribution in [2.24, 2.45) is 10.3 Å². The molecule has 1 aromatic rings. The van der Waals surface area contributed by atoms with Crippen molar-refractivity contribution in [1.82, 2.24) is 4.98 Å². The average Bonchev–Trinajstić information content (AvgIpc) is 2.95. The van der Waals surface area contributed by atoms with Gasteiger partial charge in [0, 0.05) is 17.5 Å². The normalized spacial score (nSPS) is 15.4. The van der Waals surface area contributed by atoms with Crippen LogP contribution in [0.25, 0.3) is 0 Å². The van der Waals surface area contributed by atoms with Crippen LogP contribution in [0.1, 0.15) is 69.6 Å². The maximum atomic E-state index is 12.2. The molecule has 136 valence electrons. The van der Waals surface area contributed by atoms with Crippen LogP contribution >= 0.6 is 11.3 Å². The maximum absolute atomic E-state index is 12.2. The van der Waals surface area contributed by atoms with Gasteiger partial charge in [-0.3, -0.25) is 0 Å². The SMILES string of the molecule is CCOC(=O)c1csc(C(O)CC(=NS(=O)C(C)(C)C)C(C)C)n1. The number of carbonyl (C=O) groups excluding carboxylic acids is 1. The summed E-state index contributed by atoms with van der Waals surface area (Å²) in [6, 6.07) is 0. The molecule has 0 saturated heterocycles. The number of aromatic nitrogens is 1. The first-order valence-electron chi connectivity index (χ1n) is 7.86. The summed E-state index contributed by atoms with van der Waals surface area (Å²) in [6.45, 7) is 11.4. The lowest BCUT2D eigenvalue weighted by Gasteiger charge is -2.18. The Hall–Kier alpha value is -1.12. The third-order valence-corrected chi connectivity index (χ3v) is 5.48. The van der Waals surface area contributed by atoms with Crippen molar-refractivity contribution in [1.29, 1.82) is 0 Å². The third kappa shape index (κ3) is 6.07. The molecule has 1 N–H and O–H groups in total. The molecule has 0 aliphatic carbocycles. The van der Waals surface area contributed by atoms with Gasteiger partial charge in [-0.15, -0.1) is 11.3 Å². The van der Waals surface area contributed by atoms with Crippen LogP contribution in [0.5, 0.6) is 0 Å². The predicted molar refractivity (Wildman–Crippen MR) is 97.8 cm³/mol. The van der Waals surface area contributed by atoms with E-state index in [-0.39, 0.29) is 24.6 Å². The monoisotopic (exact) mass is 374 g/mol. The van der Waals surface area contributed by atoms with Gasteiger partial charge >= 0.3 is 5.97 Å². The summed E-state index contributed by atoms with van der Waals surface area (Å²) in [6.07, 6.45) is -0.661. The predicted octanol–water partition coefficient (Wildman–Crippen LogP) is 3.30. The van der Waals surface area contributed by atoms with Crippen molar-refractivity contribution in [3.8, 4) is 0 Å². The van der Waals surface area contributed by atoms with Crippen LogP contribution in [-0.4, -0.2) is 37.3 Å². The molecular weight excluding hydrogens is 348 g/mol. The van der Waals surface area contributed by atoms with Crippen molar-refractivity contribution in [2.75, 3.05) is 6.61 Å². The number of hydrogen-bond acceptors (Lipinski definition) is 6. The van der Waals surface area contributed by atoms with E-state index in [2.05, 4.69) is 9.38 Å². The summed E-state index contributed by atoms with van der Waals surface area (Å²) in [4.78, 5) is 15.8. The summed E-state index contributed by atoms with van der Waals surface area (Å²) >= 11 is 1.20. The molecule has 0 fully saturated rings. The fourth-order valence-corrected chi connectivity index (χ4v) is 3.19. The fourth-order valence-electron chi connectivity index (χ4n) is 1.65. The summed E-state index contributed by atoms with van der Waals surface area (Å²) < 4.78 is 21.0. The van der Waals surface area contributed by atoms with Crippen LogP contribution in [0, 0.1) is 5.92 Å². The molecule has 0 saturated carbocycles. The van der Waals surface area contributed by atoms with Gasteiger partial charge in [0.2, 0.25) is 0 Å². The quantitative estimate of drug-likeness (QED) is 0.584. The van der Waals surface area contributed by atoms with Crippen molar-refractivity contribution in [2.45, 2.75) is 58.8 Å². The molecule has 1 heterocycles. The largest absolute Gasteiger partial charge is 0.461 e. The van der Waals surface area contributed by atoms with Gasteiger partial charge in [-0.2, -0.15) is 4.40 Å². The van der Waals surface area contributed by atoms with Crippen LogP contribution in [0.3, 0.4) is 0 Å². The molecule has 24 heavy (non-hydrogen) atoms. The van der Waals surface area contributed by atoms with Gasteiger partial charge in [0.1, 0.15) is 22.1 Å². The molecule has 0 spiro atoms. The van der Waals surface area contributed by atoms with Crippen molar-refractivity contribution >= 4 is 34.0 Å². The van der Waals surface area contributed by atoms with E-state index >= 15 is 0 Å². The number of nitrogens with zero attached hydrogens (tertiary/aromatic N) is 2. The van der Waals surface area contributed by atoms with E-state index in [0.29, 0.717) is 10.7 Å². The van der Waals surface area contributed by atoms with E-state index in [1.165, 1.54) is 11.3 Å². The van der Waals surface area contributed by atoms with Crippen molar-refractivity contribution in [3.63, 3.8) is 0 Å². The number of ether oxygens (including phenoxy) is 1. The van der Waals surface area contributed by atoms with E-state index in [0.717, 1.165) is 0 Å². The number of thiazole rings is 1. The molecule has 1 aromatic heterocycles. The first-order chi connectivity index (χ1) is 11.1. The Morgan fingerprint density at radius 2 is 2.08 bits per heavy atom. The molecular formula is C16H26N2O4S2. The standard InChI is InChI=1S/C16H26N2O4S2/c1-7-22-15(20)12-9-23-14(17-12)13(19)8-11(10(2)3)18-24(21)16(4,5)6/h9-10,13,19H,7-8H2,1-6H3. The number of aliphatic hydroxyl groups is 1. The Morgan fingerprint density at radius 1 is 1.46 bits per heavy atom. The molecule has 6 nitrogen and oxygen atoms in total. The lowest BCUT2D eigenvalue weighted by molar-refractivity contribution is 0.0519. The van der Waals surface area contributed by atoms with Gasteiger partial charge in [-0.25, -0.2) is 14.0 Å². The van der Waals surface area contributed by atoms with Gasteiger partial charge in [-0.05, 0) is 33.6 Å². The van der Waals surface area contributed by atoms with Gasteiger partial charge in [0.05, 0.1) is 11.4 Å². The minimum Gasteiger partial charge on any atom is -0.461 e. The minimum atomic E-state index is -1.38. The zero-order valence-electron chi connectivity index (χ0n) is 15.0. The highest BCUT2D eigenvalue weighted by atomic mass is 32.2. The zero-order chi connectivity index (χ0) is 18.5. The molecule has 1 rings (SSSR count). The second-order valence-corrected chi connectivity index (χ2v) is 9.41. The van der Waals surface area contributed by atoms with E-state index in [4.69, 9.17) is 4.74 Å². The Balaban J connectivity index is 2.90. The van der Waals surface area contributed by atoms with Crippen LogP contribution in [0.15, 0.2) is 9.78 Å². The first-order valence-corrected chi connectivity index (χ1v) is 9.85. The summed E-state index contributed by atoms with van der Waals surface area (Å²) in [7, 11) is -1.38. The van der Waals surface area contributed by atoms with E-state index in [9.17, 15) is 14.1 Å². The number of carbonyl (C=O) groups is 1. The van der Waals surface area contributed by atoms with Gasteiger partial charge in [-0.1, -0.05) is 13.8 Å². The lowest BCUT2D eigenvalue weighted by atomic mass is 10.0. The highest BCUT2D eigenvalue weighted by molar-refractivity contribution is 7.85. The second kappa shape index (κ2) is 8.82. The van der Waals surface area contributed by atoms with Crippen LogP contribution in [0.2, 0.25) is 0 Å². The molecule has 0 amide bonds. The molecule has 0 bridgehead atoms. The average molecular weight is 375 g/mol. The minimum absolute atomic E-state index is 0.0513. The molecule has 0 aliphatic heterocycles. The van der Waals surface area contributed by atoms with Crippen molar-refractivity contribution in [3.05, 3.63) is 16.1 Å². The number of hydrogen-bond donors (Lipinski definition) is 1. The van der Waals surface area contributed by atoms with Gasteiger partial charge in [0.25, 0.3) is 0 Å². The van der Waals surface area contributed by atoms with E-state index in [1.54, 1.807) is 12.3 Å². The first kappa shape index (κ1) is 20.9. The van der Waals surface area contributed by atoms with Gasteiger partial charge < -0.3 is 9.84 Å². The number of aliphatic hydroxyl groups excluding tert-OH is 1. The highest BCUT2D eigenvalue weighted by Gasteiger charge is 2.23. The van der Waals surface area contributed by atoms with Crippen LogP contribution in [0.4, 0.5) is 0 Å². The maximum Gasteiger partial charge on any atom is 0.357 e. The van der Waals surface area contributed by atoms with E-state index in [1.807, 2.05) is 34.6 Å². The van der Waals surface area contributed by atoms with Crippen molar-refractivity contribution < 1.29 is 18.8 Å². The Labute approximate surface area is 150 Å². The summed E-state index contributed by atoms with van der Waals surface area (Å²) in [5.74, 6) is -0.450. The third-order valence-electron chi connectivity index (χ3n) is 3.08. The molecule has 8 heteroatoms. The molecule has 2 atom stereocenters. The highest BCUT2D eigenvalue weighted by Crippen LogP contribution is 2.24.